The number of hydrogen-bond acceptors (Lipinski definition) is 7. The van der Waals surface area contributed by atoms with E-state index >= 15 is 0 Å². The highest BCUT2D eigenvalue weighted by Gasteiger charge is 2.21. The number of esters is 1. The maximum absolute atomic E-state index is 11.4. The van der Waals surface area contributed by atoms with Crippen molar-refractivity contribution in [1.29, 1.82) is 0 Å². The molecule has 0 bridgehead atoms. The van der Waals surface area contributed by atoms with Crippen LogP contribution in [0, 0.1) is 0 Å². The van der Waals surface area contributed by atoms with Gasteiger partial charge in [-0.25, -0.2) is 0 Å². The van der Waals surface area contributed by atoms with E-state index in [1.54, 1.807) is 30.3 Å². The molecule has 2 aromatic carbocycles. The average molecular weight is 442 g/mol. The summed E-state index contributed by atoms with van der Waals surface area (Å²) in [6.07, 6.45) is 0. The van der Waals surface area contributed by atoms with Crippen LogP contribution in [0.1, 0.15) is 24.1 Å². The third kappa shape index (κ3) is 6.42. The summed E-state index contributed by atoms with van der Waals surface area (Å²) in [4.78, 5) is 11.4. The molecule has 0 aliphatic rings. The van der Waals surface area contributed by atoms with Gasteiger partial charge in [0, 0.05) is 28.8 Å². The molecule has 0 amide bonds. The van der Waals surface area contributed by atoms with Gasteiger partial charge >= 0.3 is 5.97 Å². The van der Waals surface area contributed by atoms with E-state index < -0.39 is 12.0 Å². The maximum Gasteiger partial charge on any atom is 0.302 e. The van der Waals surface area contributed by atoms with E-state index in [0.717, 1.165) is 0 Å². The van der Waals surface area contributed by atoms with E-state index in [9.17, 15) is 4.79 Å². The van der Waals surface area contributed by atoms with Crippen LogP contribution in [-0.4, -0.2) is 41.9 Å². The van der Waals surface area contributed by atoms with Gasteiger partial charge in [-0.1, -0.05) is 28.4 Å². The topological polar surface area (TPSA) is 126 Å². The zero-order valence-electron chi connectivity index (χ0n) is 15.6. The summed E-state index contributed by atoms with van der Waals surface area (Å²) in [6.45, 7) is 1.11. The number of ether oxygens (including phenoxy) is 2. The highest BCUT2D eigenvalue weighted by atomic mass is 35.5. The van der Waals surface area contributed by atoms with Crippen LogP contribution in [0.5, 0.6) is 5.75 Å². The van der Waals surface area contributed by atoms with Crippen molar-refractivity contribution in [2.75, 3.05) is 25.1 Å². The summed E-state index contributed by atoms with van der Waals surface area (Å²) in [5.74, 6) is -0.151. The Morgan fingerprint density at radius 1 is 1.28 bits per heavy atom. The minimum atomic E-state index is -0.557. The first-order valence-corrected chi connectivity index (χ1v) is 9.31. The van der Waals surface area contributed by atoms with Gasteiger partial charge < -0.3 is 30.8 Å². The minimum Gasteiger partial charge on any atom is -0.489 e. The fourth-order valence-electron chi connectivity index (χ4n) is 2.55. The van der Waals surface area contributed by atoms with Gasteiger partial charge in [0.25, 0.3) is 0 Å². The molecule has 156 valence electrons. The lowest BCUT2D eigenvalue weighted by Gasteiger charge is -2.23. The third-order valence-corrected chi connectivity index (χ3v) is 4.33. The molecule has 0 saturated carbocycles. The van der Waals surface area contributed by atoms with Crippen LogP contribution in [0.15, 0.2) is 41.6 Å². The lowest BCUT2D eigenvalue weighted by Crippen LogP contribution is -2.20. The molecule has 0 radical (unpaired) electrons. The Morgan fingerprint density at radius 2 is 1.97 bits per heavy atom. The van der Waals surface area contributed by atoms with Crippen molar-refractivity contribution in [1.82, 2.24) is 0 Å². The van der Waals surface area contributed by atoms with E-state index in [0.29, 0.717) is 27.6 Å². The van der Waals surface area contributed by atoms with Crippen molar-refractivity contribution in [2.24, 2.45) is 10.9 Å². The Hall–Kier alpha value is -2.68. The number of halogens is 2. The van der Waals surface area contributed by atoms with Crippen LogP contribution < -0.4 is 15.8 Å². The van der Waals surface area contributed by atoms with Gasteiger partial charge in [0.1, 0.15) is 19.0 Å². The molecule has 1 unspecified atom stereocenters. The number of aliphatic hydroxyl groups excluding tert-OH is 1. The number of oxime groups is 1. The average Bonchev–Trinajstić information content (AvgIpc) is 2.69. The second kappa shape index (κ2) is 10.8. The quantitative estimate of drug-likeness (QED) is 0.155. The summed E-state index contributed by atoms with van der Waals surface area (Å²) < 4.78 is 10.8. The Balaban J connectivity index is 2.39. The van der Waals surface area contributed by atoms with Crippen molar-refractivity contribution in [3.8, 4) is 5.75 Å². The number of carbonyl (C=O) groups is 1. The molecular formula is C19H21Cl2N3O5. The molecule has 0 heterocycles. The highest BCUT2D eigenvalue weighted by molar-refractivity contribution is 6.35. The Morgan fingerprint density at radius 3 is 2.55 bits per heavy atom. The van der Waals surface area contributed by atoms with Crippen LogP contribution in [-0.2, 0) is 9.53 Å². The first kappa shape index (κ1) is 22.6. The first-order chi connectivity index (χ1) is 13.8. The van der Waals surface area contributed by atoms with E-state index in [4.69, 9.17) is 48.7 Å². The predicted molar refractivity (Wildman–Crippen MR) is 111 cm³/mol. The van der Waals surface area contributed by atoms with E-state index in [-0.39, 0.29) is 30.7 Å². The number of nitrogens with two attached hydrogens (primary N) is 1. The van der Waals surface area contributed by atoms with Gasteiger partial charge in [-0.15, -0.1) is 0 Å². The number of hydrogen-bond donors (Lipinski definition) is 4. The van der Waals surface area contributed by atoms with Gasteiger partial charge in [0.15, 0.2) is 5.84 Å². The van der Waals surface area contributed by atoms with Crippen LogP contribution in [0.2, 0.25) is 10.0 Å². The number of nitrogens with one attached hydrogen (secondary N) is 1. The smallest absolute Gasteiger partial charge is 0.302 e. The van der Waals surface area contributed by atoms with Crippen molar-refractivity contribution in [3.05, 3.63) is 57.6 Å². The molecule has 29 heavy (non-hydrogen) atoms. The van der Waals surface area contributed by atoms with Crippen LogP contribution >= 0.6 is 23.2 Å². The van der Waals surface area contributed by atoms with Crippen LogP contribution in [0.3, 0.4) is 0 Å². The summed E-state index contributed by atoms with van der Waals surface area (Å²) in [6, 6.07) is 9.37. The Kier molecular flexibility index (Phi) is 8.38. The summed E-state index contributed by atoms with van der Waals surface area (Å²) in [5.41, 5.74) is 7.33. The lowest BCUT2D eigenvalue weighted by molar-refractivity contribution is -0.141. The zero-order chi connectivity index (χ0) is 21.4. The highest BCUT2D eigenvalue weighted by Crippen LogP contribution is 2.37. The number of carbonyl (C=O) groups excluding carboxylic acids is 1. The monoisotopic (exact) mass is 441 g/mol. The number of amidine groups is 1. The van der Waals surface area contributed by atoms with Crippen LogP contribution in [0.25, 0.3) is 0 Å². The molecule has 0 saturated heterocycles. The lowest BCUT2D eigenvalue weighted by atomic mass is 10.1. The molecule has 8 nitrogen and oxygen atoms in total. The summed E-state index contributed by atoms with van der Waals surface area (Å²) in [5, 5.41) is 24.7. The van der Waals surface area contributed by atoms with Gasteiger partial charge in [0.05, 0.1) is 17.7 Å². The molecule has 1 atom stereocenters. The Bertz CT molecular complexity index is 875. The number of aliphatic hydroxyl groups is 1. The SMILES string of the molecule is CC(=O)OCC(Nc1ccc(C(N)=NO)cc1)c1cc(Cl)cc(Cl)c1OCCO. The summed E-state index contributed by atoms with van der Waals surface area (Å²) >= 11 is 12.4. The molecule has 10 heteroatoms. The number of nitrogens with zero attached hydrogens (tertiary/aromatic N) is 1. The molecular weight excluding hydrogens is 421 g/mol. The normalized spacial score (nSPS) is 12.3. The number of anilines is 1. The predicted octanol–water partition coefficient (Wildman–Crippen LogP) is 3.18. The van der Waals surface area contributed by atoms with Crippen molar-refractivity contribution >= 4 is 40.7 Å². The van der Waals surface area contributed by atoms with Crippen molar-refractivity contribution in [3.63, 3.8) is 0 Å². The molecule has 0 aromatic heterocycles. The number of benzene rings is 2. The van der Waals surface area contributed by atoms with Crippen molar-refractivity contribution < 1.29 is 24.6 Å². The molecule has 0 aliphatic carbocycles. The second-order valence-electron chi connectivity index (χ2n) is 5.94. The maximum atomic E-state index is 11.4. The van der Waals surface area contributed by atoms with Crippen LogP contribution in [0.4, 0.5) is 5.69 Å². The van der Waals surface area contributed by atoms with Crippen molar-refractivity contribution in [2.45, 2.75) is 13.0 Å². The fraction of sp³-hybridized carbons (Fsp3) is 0.263. The van der Waals surface area contributed by atoms with Gasteiger partial charge in [-0.3, -0.25) is 4.79 Å². The van der Waals surface area contributed by atoms with E-state index in [1.165, 1.54) is 13.0 Å². The van der Waals surface area contributed by atoms with Gasteiger partial charge in [-0.2, -0.15) is 0 Å². The Labute approximate surface area is 177 Å². The fourth-order valence-corrected chi connectivity index (χ4v) is 3.11. The molecule has 0 aliphatic heterocycles. The first-order valence-electron chi connectivity index (χ1n) is 8.56. The number of rotatable bonds is 9. The van der Waals surface area contributed by atoms with Gasteiger partial charge in [0.2, 0.25) is 0 Å². The minimum absolute atomic E-state index is 0.0191. The second-order valence-corrected chi connectivity index (χ2v) is 6.78. The third-order valence-electron chi connectivity index (χ3n) is 3.83. The molecule has 2 aromatic rings. The van der Waals surface area contributed by atoms with E-state index in [2.05, 4.69) is 10.5 Å². The molecule has 0 fully saturated rings. The standard InChI is InChI=1S/C19H21Cl2N3O5/c1-11(26)29-10-17(23-14-4-2-12(3-5-14)19(22)24-27)15-8-13(20)9-16(21)18(15)28-7-6-25/h2-5,8-9,17,23,25,27H,6-7,10H2,1H3,(H2,22,24). The largest absolute Gasteiger partial charge is 0.489 e. The molecule has 5 N–H and O–H groups in total. The molecule has 2 rings (SSSR count). The van der Waals surface area contributed by atoms with Gasteiger partial charge in [-0.05, 0) is 36.4 Å². The van der Waals surface area contributed by atoms with E-state index in [1.807, 2.05) is 0 Å². The molecule has 0 spiro atoms. The zero-order valence-corrected chi connectivity index (χ0v) is 17.1. The summed E-state index contributed by atoms with van der Waals surface area (Å²) in [7, 11) is 0.